The van der Waals surface area contributed by atoms with Gasteiger partial charge in [0.2, 0.25) is 10.0 Å². The molecule has 28 heavy (non-hydrogen) atoms. The van der Waals surface area contributed by atoms with Crippen LogP contribution in [0.3, 0.4) is 0 Å². The summed E-state index contributed by atoms with van der Waals surface area (Å²) in [7, 11) is -3.23. The van der Waals surface area contributed by atoms with Gasteiger partial charge in [0.25, 0.3) is 0 Å². The first-order valence-electron chi connectivity index (χ1n) is 8.34. The second-order valence-electron chi connectivity index (χ2n) is 6.43. The molecule has 0 aromatic heterocycles. The summed E-state index contributed by atoms with van der Waals surface area (Å²) >= 11 is 5.73. The van der Waals surface area contributed by atoms with Gasteiger partial charge in [-0.2, -0.15) is 4.72 Å². The molecule has 0 aliphatic heterocycles. The smallest absolute Gasteiger partial charge is 0.324 e. The molecule has 2 aromatic rings. The fourth-order valence-corrected chi connectivity index (χ4v) is 4.47. The number of esters is 1. The maximum absolute atomic E-state index is 14.5. The number of aromatic hydroxyl groups is 1. The van der Waals surface area contributed by atoms with Gasteiger partial charge in [0.15, 0.2) is 0 Å². The highest BCUT2D eigenvalue weighted by atomic mass is 35.5. The quantitative estimate of drug-likeness (QED) is 0.686. The number of halogens is 2. The number of phenols is 1. The number of carbonyl (C=O) groups is 1. The van der Waals surface area contributed by atoms with E-state index in [0.717, 1.165) is 24.8 Å². The minimum absolute atomic E-state index is 0.145. The largest absolute Gasteiger partial charge is 0.506 e. The van der Waals surface area contributed by atoms with Crippen LogP contribution in [0, 0.1) is 19.7 Å². The van der Waals surface area contributed by atoms with Crippen LogP contribution >= 0.6 is 11.6 Å². The van der Waals surface area contributed by atoms with E-state index in [4.69, 9.17) is 16.3 Å². The average Bonchev–Trinajstić information content (AvgIpc) is 2.62. The van der Waals surface area contributed by atoms with Crippen LogP contribution in [0.4, 0.5) is 4.39 Å². The lowest BCUT2D eigenvalue weighted by atomic mass is 9.88. The molecule has 0 radical (unpaired) electrons. The minimum Gasteiger partial charge on any atom is -0.506 e. The highest BCUT2D eigenvalue weighted by molar-refractivity contribution is 7.89. The Balaban J connectivity index is 2.50. The predicted octanol–water partition coefficient (Wildman–Crippen LogP) is 3.43. The molecule has 2 atom stereocenters. The topological polar surface area (TPSA) is 92.7 Å². The Morgan fingerprint density at radius 3 is 2.46 bits per heavy atom. The van der Waals surface area contributed by atoms with Crippen molar-refractivity contribution in [1.82, 2.24) is 4.72 Å². The zero-order chi connectivity index (χ0) is 21.2. The summed E-state index contributed by atoms with van der Waals surface area (Å²) in [5, 5.41) is 10.1. The van der Waals surface area contributed by atoms with E-state index in [1.165, 1.54) is 19.1 Å². The summed E-state index contributed by atoms with van der Waals surface area (Å²) in [6.45, 7) is 5.00. The molecule has 0 amide bonds. The molecule has 2 aromatic carbocycles. The van der Waals surface area contributed by atoms with Gasteiger partial charge >= 0.3 is 5.97 Å². The van der Waals surface area contributed by atoms with Crippen LogP contribution in [0.5, 0.6) is 5.75 Å². The molecule has 2 rings (SSSR count). The molecular weight excluding hydrogens is 409 g/mol. The molecule has 0 aliphatic rings. The SMILES string of the molecule is COC(=O)[C@@H](NS(=O)(=O)c1ccc(Cl)cc1O)C(C)c1c(F)ccc(C)c1C. The third-order valence-electron chi connectivity index (χ3n) is 4.64. The fraction of sp³-hybridized carbons (Fsp3) is 0.316. The van der Waals surface area contributed by atoms with Crippen molar-refractivity contribution in [3.8, 4) is 5.75 Å². The summed E-state index contributed by atoms with van der Waals surface area (Å²) in [5.41, 5.74) is 1.61. The maximum atomic E-state index is 14.5. The molecule has 0 bridgehead atoms. The molecule has 9 heteroatoms. The summed E-state index contributed by atoms with van der Waals surface area (Å²) in [6.07, 6.45) is 0. The summed E-state index contributed by atoms with van der Waals surface area (Å²) in [6, 6.07) is 4.91. The van der Waals surface area contributed by atoms with Crippen LogP contribution in [-0.4, -0.2) is 32.6 Å². The van der Waals surface area contributed by atoms with Crippen molar-refractivity contribution in [3.05, 3.63) is 57.9 Å². The predicted molar refractivity (Wildman–Crippen MR) is 104 cm³/mol. The minimum atomic E-state index is -4.33. The zero-order valence-electron chi connectivity index (χ0n) is 15.8. The number of aryl methyl sites for hydroxylation is 1. The lowest BCUT2D eigenvalue weighted by molar-refractivity contribution is -0.143. The number of nitrogens with one attached hydrogen (secondary N) is 1. The number of phenolic OH excluding ortho intramolecular Hbond substituents is 1. The Kier molecular flexibility index (Phi) is 6.69. The van der Waals surface area contributed by atoms with Crippen LogP contribution in [0.1, 0.15) is 29.5 Å². The fourth-order valence-electron chi connectivity index (χ4n) is 2.96. The van der Waals surface area contributed by atoms with Crippen LogP contribution < -0.4 is 4.72 Å². The van der Waals surface area contributed by atoms with Crippen LogP contribution in [0.2, 0.25) is 5.02 Å². The number of methoxy groups -OCH3 is 1. The molecule has 6 nitrogen and oxygen atoms in total. The van der Waals surface area contributed by atoms with E-state index < -0.39 is 44.4 Å². The summed E-state index contributed by atoms with van der Waals surface area (Å²) in [5.74, 6) is -2.89. The Hall–Kier alpha value is -2.16. The summed E-state index contributed by atoms with van der Waals surface area (Å²) < 4.78 is 46.9. The molecule has 0 heterocycles. The molecule has 2 N–H and O–H groups in total. The van der Waals surface area contributed by atoms with Crippen molar-refractivity contribution < 1.29 is 27.4 Å². The Morgan fingerprint density at radius 2 is 1.89 bits per heavy atom. The highest BCUT2D eigenvalue weighted by Crippen LogP contribution is 2.31. The normalized spacial score (nSPS) is 13.8. The van der Waals surface area contributed by atoms with Crippen LogP contribution in [0.25, 0.3) is 0 Å². The number of benzene rings is 2. The molecular formula is C19H21ClFNO5S. The van der Waals surface area contributed by atoms with Crippen molar-refractivity contribution >= 4 is 27.6 Å². The van der Waals surface area contributed by atoms with E-state index in [9.17, 15) is 22.7 Å². The van der Waals surface area contributed by atoms with Gasteiger partial charge in [0, 0.05) is 10.9 Å². The number of hydrogen-bond donors (Lipinski definition) is 2. The van der Waals surface area contributed by atoms with Gasteiger partial charge in [0.05, 0.1) is 7.11 Å². The van der Waals surface area contributed by atoms with E-state index in [1.54, 1.807) is 19.9 Å². The van der Waals surface area contributed by atoms with Crippen molar-refractivity contribution in [2.75, 3.05) is 7.11 Å². The lowest BCUT2D eigenvalue weighted by Crippen LogP contribution is -2.45. The summed E-state index contributed by atoms with van der Waals surface area (Å²) in [4.78, 5) is 11.9. The van der Waals surface area contributed by atoms with Crippen molar-refractivity contribution in [2.45, 2.75) is 37.6 Å². The number of rotatable bonds is 6. The maximum Gasteiger partial charge on any atom is 0.324 e. The van der Waals surface area contributed by atoms with E-state index in [2.05, 4.69) is 4.72 Å². The first-order valence-corrected chi connectivity index (χ1v) is 10.2. The molecule has 152 valence electrons. The zero-order valence-corrected chi connectivity index (χ0v) is 17.4. The highest BCUT2D eigenvalue weighted by Gasteiger charge is 2.35. The van der Waals surface area contributed by atoms with Gasteiger partial charge in [-0.05, 0) is 54.8 Å². The van der Waals surface area contributed by atoms with E-state index >= 15 is 0 Å². The monoisotopic (exact) mass is 429 g/mol. The molecule has 0 aliphatic carbocycles. The van der Waals surface area contributed by atoms with Gasteiger partial charge in [-0.1, -0.05) is 24.6 Å². The van der Waals surface area contributed by atoms with E-state index in [0.29, 0.717) is 5.56 Å². The van der Waals surface area contributed by atoms with Gasteiger partial charge in [-0.25, -0.2) is 12.8 Å². The molecule has 0 fully saturated rings. The van der Waals surface area contributed by atoms with Crippen molar-refractivity contribution in [1.29, 1.82) is 0 Å². The third-order valence-corrected chi connectivity index (χ3v) is 6.36. The standard InChI is InChI=1S/C19H21ClFNO5S/c1-10-5-7-14(21)17(11(10)2)12(3)18(19(24)27-4)22-28(25,26)16-8-6-13(20)9-15(16)23/h5-9,12,18,22-23H,1-4H3/t12?,18-/m0/s1. The number of carbonyl (C=O) groups excluding carboxylic acids is 1. The van der Waals surface area contributed by atoms with E-state index in [-0.39, 0.29) is 10.6 Å². The van der Waals surface area contributed by atoms with Gasteiger partial charge in [-0.15, -0.1) is 0 Å². The van der Waals surface area contributed by atoms with Gasteiger partial charge in [-0.3, -0.25) is 4.79 Å². The van der Waals surface area contributed by atoms with Gasteiger partial charge in [0.1, 0.15) is 22.5 Å². The third kappa shape index (κ3) is 4.45. The molecule has 0 spiro atoms. The lowest BCUT2D eigenvalue weighted by Gasteiger charge is -2.25. The Labute approximate surface area is 168 Å². The second kappa shape index (κ2) is 8.46. The van der Waals surface area contributed by atoms with Crippen LogP contribution in [-0.2, 0) is 19.6 Å². The second-order valence-corrected chi connectivity index (χ2v) is 8.54. The number of ether oxygens (including phenoxy) is 1. The number of sulfonamides is 1. The van der Waals surface area contributed by atoms with Crippen molar-refractivity contribution in [2.24, 2.45) is 0 Å². The van der Waals surface area contributed by atoms with Crippen molar-refractivity contribution in [3.63, 3.8) is 0 Å². The van der Waals surface area contributed by atoms with E-state index in [1.807, 2.05) is 0 Å². The van der Waals surface area contributed by atoms with Gasteiger partial charge < -0.3 is 9.84 Å². The average molecular weight is 430 g/mol. The Bertz CT molecular complexity index is 1010. The van der Waals surface area contributed by atoms with Crippen LogP contribution in [0.15, 0.2) is 35.2 Å². The molecule has 0 saturated heterocycles. The Morgan fingerprint density at radius 1 is 1.25 bits per heavy atom. The molecule has 0 saturated carbocycles. The number of hydrogen-bond acceptors (Lipinski definition) is 5. The molecule has 1 unspecified atom stereocenters. The first kappa shape index (κ1) is 22.1. The first-order chi connectivity index (χ1) is 13.0.